The van der Waals surface area contributed by atoms with Gasteiger partial charge in [0.1, 0.15) is 12.3 Å². The van der Waals surface area contributed by atoms with Crippen LogP contribution in [0.5, 0.6) is 0 Å². The summed E-state index contributed by atoms with van der Waals surface area (Å²) in [5, 5.41) is 3.55. The number of rotatable bonds is 6. The predicted molar refractivity (Wildman–Crippen MR) is 72.1 cm³/mol. The number of carbonyl (C=O) groups excluding carboxylic acids is 1. The van der Waals surface area contributed by atoms with Crippen LogP contribution in [-0.4, -0.2) is 36.8 Å². The number of ether oxygens (including phenoxy) is 1. The molecule has 0 atom stereocenters. The molecule has 21 heavy (non-hydrogen) atoms. The molecule has 114 valence electrons. The van der Waals surface area contributed by atoms with Gasteiger partial charge in [-0.3, -0.25) is 4.79 Å². The first-order valence-corrected chi connectivity index (χ1v) is 6.46. The van der Waals surface area contributed by atoms with Gasteiger partial charge >= 0.3 is 6.18 Å². The van der Waals surface area contributed by atoms with Crippen molar-refractivity contribution in [3.8, 4) is 0 Å². The minimum absolute atomic E-state index is 0.0491. The van der Waals surface area contributed by atoms with Crippen LogP contribution in [0.3, 0.4) is 0 Å². The van der Waals surface area contributed by atoms with Gasteiger partial charge < -0.3 is 15.0 Å². The average Bonchev–Trinajstić information content (AvgIpc) is 2.85. The van der Waals surface area contributed by atoms with E-state index in [1.54, 1.807) is 6.07 Å². The van der Waals surface area contributed by atoms with Gasteiger partial charge in [0.15, 0.2) is 0 Å². The molecule has 2 rings (SSSR count). The first-order chi connectivity index (χ1) is 9.96. The van der Waals surface area contributed by atoms with E-state index in [1.807, 2.05) is 24.3 Å². The normalized spacial score (nSPS) is 11.8. The number of nitrogens with one attached hydrogen (secondary N) is 2. The summed E-state index contributed by atoms with van der Waals surface area (Å²) in [6.45, 7) is -1.05. The number of halogens is 3. The van der Waals surface area contributed by atoms with Crippen molar-refractivity contribution in [2.75, 3.05) is 19.8 Å². The monoisotopic (exact) mass is 300 g/mol. The van der Waals surface area contributed by atoms with E-state index in [9.17, 15) is 18.0 Å². The molecule has 4 nitrogen and oxygen atoms in total. The quantitative estimate of drug-likeness (QED) is 0.806. The number of amides is 1. The van der Waals surface area contributed by atoms with Gasteiger partial charge in [0.2, 0.25) is 0 Å². The van der Waals surface area contributed by atoms with Gasteiger partial charge in [-0.15, -0.1) is 0 Å². The number of aromatic amines is 1. The molecule has 1 amide bonds. The van der Waals surface area contributed by atoms with Crippen LogP contribution in [0.25, 0.3) is 10.9 Å². The van der Waals surface area contributed by atoms with Crippen LogP contribution in [0.2, 0.25) is 0 Å². The lowest BCUT2D eigenvalue weighted by Crippen LogP contribution is -2.26. The van der Waals surface area contributed by atoms with Gasteiger partial charge in [0.05, 0.1) is 0 Å². The number of hydrogen-bond donors (Lipinski definition) is 2. The fraction of sp³-hybridized carbons (Fsp3) is 0.357. The third kappa shape index (κ3) is 4.78. The minimum atomic E-state index is -4.31. The lowest BCUT2D eigenvalue weighted by Gasteiger charge is -2.07. The Kier molecular flexibility index (Phi) is 4.85. The summed E-state index contributed by atoms with van der Waals surface area (Å²) in [6.07, 6.45) is -3.99. The molecule has 0 fully saturated rings. The Balaban J connectivity index is 1.72. The Bertz CT molecular complexity index is 575. The van der Waals surface area contributed by atoms with Crippen molar-refractivity contribution in [2.45, 2.75) is 12.6 Å². The largest absolute Gasteiger partial charge is 0.411 e. The van der Waals surface area contributed by atoms with Crippen molar-refractivity contribution in [3.05, 3.63) is 36.0 Å². The standard InChI is InChI=1S/C14H15F3N2O2/c15-14(16,17)9-21-7-3-6-18-13(20)12-8-10-4-1-2-5-11(10)19-12/h1-2,4-5,8,19H,3,6-7,9H2,(H,18,20). The summed E-state index contributed by atoms with van der Waals surface area (Å²) >= 11 is 0. The van der Waals surface area contributed by atoms with Crippen LogP contribution in [0.15, 0.2) is 30.3 Å². The highest BCUT2D eigenvalue weighted by molar-refractivity contribution is 5.97. The Morgan fingerprint density at radius 3 is 2.76 bits per heavy atom. The molecule has 0 radical (unpaired) electrons. The van der Waals surface area contributed by atoms with Crippen LogP contribution >= 0.6 is 0 Å². The third-order valence-electron chi connectivity index (χ3n) is 2.79. The molecule has 0 saturated carbocycles. The van der Waals surface area contributed by atoms with Gasteiger partial charge in [-0.25, -0.2) is 0 Å². The van der Waals surface area contributed by atoms with Gasteiger partial charge in [-0.1, -0.05) is 18.2 Å². The SMILES string of the molecule is O=C(NCCCOCC(F)(F)F)c1cc2ccccc2[nH]1. The lowest BCUT2D eigenvalue weighted by molar-refractivity contribution is -0.173. The zero-order valence-corrected chi connectivity index (χ0v) is 11.2. The number of alkyl halides is 3. The van der Waals surface area contributed by atoms with Crippen molar-refractivity contribution in [3.63, 3.8) is 0 Å². The highest BCUT2D eigenvalue weighted by atomic mass is 19.4. The number of H-pyrrole nitrogens is 1. The van der Waals surface area contributed by atoms with E-state index in [0.717, 1.165) is 10.9 Å². The maximum Gasteiger partial charge on any atom is 0.411 e. The molecule has 0 saturated heterocycles. The maximum absolute atomic E-state index is 11.8. The summed E-state index contributed by atoms with van der Waals surface area (Å²) in [6, 6.07) is 9.20. The van der Waals surface area contributed by atoms with Gasteiger partial charge in [0, 0.05) is 24.1 Å². The summed E-state index contributed by atoms with van der Waals surface area (Å²) in [7, 11) is 0. The predicted octanol–water partition coefficient (Wildman–Crippen LogP) is 2.87. The Morgan fingerprint density at radius 2 is 2.05 bits per heavy atom. The molecule has 0 spiro atoms. The van der Waals surface area contributed by atoms with Crippen LogP contribution < -0.4 is 5.32 Å². The number of fused-ring (bicyclic) bond motifs is 1. The second-order valence-corrected chi connectivity index (χ2v) is 4.55. The maximum atomic E-state index is 11.8. The fourth-order valence-electron chi connectivity index (χ4n) is 1.85. The molecule has 0 bridgehead atoms. The van der Waals surface area contributed by atoms with Crippen molar-refractivity contribution < 1.29 is 22.7 Å². The van der Waals surface area contributed by atoms with Crippen LogP contribution in [0, 0.1) is 0 Å². The molecule has 0 aliphatic rings. The molecule has 0 unspecified atom stereocenters. The fourth-order valence-corrected chi connectivity index (χ4v) is 1.85. The zero-order chi connectivity index (χ0) is 15.3. The van der Waals surface area contributed by atoms with Crippen molar-refractivity contribution >= 4 is 16.8 Å². The first-order valence-electron chi connectivity index (χ1n) is 6.46. The molecular weight excluding hydrogens is 285 g/mol. The first kappa shape index (κ1) is 15.4. The number of benzene rings is 1. The van der Waals surface area contributed by atoms with E-state index < -0.39 is 12.8 Å². The Labute approximate surface area is 119 Å². The number of hydrogen-bond acceptors (Lipinski definition) is 2. The smallest absolute Gasteiger partial charge is 0.372 e. The summed E-state index contributed by atoms with van der Waals surface area (Å²) < 4.78 is 39.9. The second-order valence-electron chi connectivity index (χ2n) is 4.55. The minimum Gasteiger partial charge on any atom is -0.372 e. The Hall–Kier alpha value is -2.02. The van der Waals surface area contributed by atoms with Gasteiger partial charge in [0.25, 0.3) is 5.91 Å². The summed E-state index contributed by atoms with van der Waals surface area (Å²) in [4.78, 5) is 14.8. The van der Waals surface area contributed by atoms with Gasteiger partial charge in [-0.2, -0.15) is 13.2 Å². The van der Waals surface area contributed by atoms with E-state index in [-0.39, 0.29) is 19.1 Å². The average molecular weight is 300 g/mol. The summed E-state index contributed by atoms with van der Waals surface area (Å²) in [5.74, 6) is -0.290. The van der Waals surface area contributed by atoms with Crippen molar-refractivity contribution in [1.82, 2.24) is 10.3 Å². The number of carbonyl (C=O) groups is 1. The highest BCUT2D eigenvalue weighted by Crippen LogP contribution is 2.15. The number of para-hydroxylation sites is 1. The number of aromatic nitrogens is 1. The topological polar surface area (TPSA) is 54.1 Å². The third-order valence-corrected chi connectivity index (χ3v) is 2.79. The van der Waals surface area contributed by atoms with E-state index >= 15 is 0 Å². The van der Waals surface area contributed by atoms with E-state index in [4.69, 9.17) is 0 Å². The van der Waals surface area contributed by atoms with Gasteiger partial charge in [-0.05, 0) is 18.6 Å². The van der Waals surface area contributed by atoms with Crippen LogP contribution in [-0.2, 0) is 4.74 Å². The lowest BCUT2D eigenvalue weighted by atomic mass is 10.2. The molecule has 1 aromatic carbocycles. The van der Waals surface area contributed by atoms with E-state index in [1.165, 1.54) is 0 Å². The molecule has 0 aliphatic heterocycles. The van der Waals surface area contributed by atoms with Crippen LogP contribution in [0.4, 0.5) is 13.2 Å². The second kappa shape index (κ2) is 6.62. The molecule has 0 aliphatic carbocycles. The van der Waals surface area contributed by atoms with Crippen LogP contribution in [0.1, 0.15) is 16.9 Å². The van der Waals surface area contributed by atoms with E-state index in [0.29, 0.717) is 12.1 Å². The molecule has 7 heteroatoms. The zero-order valence-electron chi connectivity index (χ0n) is 11.2. The van der Waals surface area contributed by atoms with E-state index in [2.05, 4.69) is 15.0 Å². The highest BCUT2D eigenvalue weighted by Gasteiger charge is 2.27. The molecule has 2 N–H and O–H groups in total. The van der Waals surface area contributed by atoms with Crippen molar-refractivity contribution in [2.24, 2.45) is 0 Å². The summed E-state index contributed by atoms with van der Waals surface area (Å²) in [5.41, 5.74) is 1.28. The molecule has 1 heterocycles. The van der Waals surface area contributed by atoms with Crippen molar-refractivity contribution in [1.29, 1.82) is 0 Å². The Morgan fingerprint density at radius 1 is 1.29 bits per heavy atom. The molecule has 1 aromatic heterocycles. The molecule has 2 aromatic rings. The molecular formula is C14H15F3N2O2.